The zero-order valence-corrected chi connectivity index (χ0v) is 13.8. The molecular weight excluding hydrogens is 324 g/mol. The summed E-state index contributed by atoms with van der Waals surface area (Å²) >= 11 is 0. The number of urea groups is 1. The zero-order chi connectivity index (χ0) is 16.3. The third-order valence-electron chi connectivity index (χ3n) is 3.88. The smallest absolute Gasteiger partial charge is 0.335 e. The standard InChI is InChI=1S/C14H20N4O4.ClH/c1-3-6-17-12(20)13(21)18(14(17)22)9-11(19)16-7-4-5-10(16)8-15-2;/h3,10,15H,1,4-9H2,2H3;1H. The fourth-order valence-electron chi connectivity index (χ4n) is 2.82. The third kappa shape index (κ3) is 3.70. The van der Waals surface area contributed by atoms with Crippen LogP contribution < -0.4 is 5.32 Å². The minimum absolute atomic E-state index is 0. The van der Waals surface area contributed by atoms with Crippen LogP contribution in [-0.4, -0.2) is 77.7 Å². The Bertz CT molecular complexity index is 525. The van der Waals surface area contributed by atoms with Gasteiger partial charge in [-0.05, 0) is 19.9 Å². The Balaban J connectivity index is 0.00000264. The Kier molecular flexibility index (Phi) is 6.71. The summed E-state index contributed by atoms with van der Waals surface area (Å²) in [5.74, 6) is -2.18. The van der Waals surface area contributed by atoms with Crippen molar-refractivity contribution in [3.05, 3.63) is 12.7 Å². The number of likely N-dealkylation sites (tertiary alicyclic amines) is 1. The van der Waals surface area contributed by atoms with E-state index < -0.39 is 24.4 Å². The van der Waals surface area contributed by atoms with Gasteiger partial charge in [0.2, 0.25) is 5.91 Å². The van der Waals surface area contributed by atoms with Crippen LogP contribution in [-0.2, 0) is 14.4 Å². The molecule has 0 aromatic rings. The van der Waals surface area contributed by atoms with Gasteiger partial charge in [0.25, 0.3) is 0 Å². The van der Waals surface area contributed by atoms with Crippen molar-refractivity contribution in [3.63, 3.8) is 0 Å². The highest BCUT2D eigenvalue weighted by Crippen LogP contribution is 2.18. The molecular formula is C14H21ClN4O4. The average Bonchev–Trinajstić information content (AvgIpc) is 3.03. The summed E-state index contributed by atoms with van der Waals surface area (Å²) in [5.41, 5.74) is 0. The van der Waals surface area contributed by atoms with Gasteiger partial charge in [-0.15, -0.1) is 19.0 Å². The zero-order valence-electron chi connectivity index (χ0n) is 13.0. The fraction of sp³-hybridized carbons (Fsp3) is 0.571. The molecule has 0 radical (unpaired) electrons. The largest absolute Gasteiger partial charge is 0.337 e. The molecule has 2 fully saturated rings. The molecule has 23 heavy (non-hydrogen) atoms. The summed E-state index contributed by atoms with van der Waals surface area (Å²) in [7, 11) is 1.81. The van der Waals surface area contributed by atoms with Crippen LogP contribution in [0, 0.1) is 0 Å². The second-order valence-corrected chi connectivity index (χ2v) is 5.32. The predicted molar refractivity (Wildman–Crippen MR) is 84.9 cm³/mol. The molecule has 2 aliphatic rings. The van der Waals surface area contributed by atoms with Crippen LogP contribution in [0.15, 0.2) is 12.7 Å². The Hall–Kier alpha value is -1.93. The first-order valence-electron chi connectivity index (χ1n) is 7.23. The lowest BCUT2D eigenvalue weighted by Gasteiger charge is -2.26. The van der Waals surface area contributed by atoms with Crippen molar-refractivity contribution in [3.8, 4) is 0 Å². The van der Waals surface area contributed by atoms with E-state index in [0.717, 1.165) is 17.7 Å². The number of likely N-dealkylation sites (N-methyl/N-ethyl adjacent to an activating group) is 1. The molecule has 0 bridgehead atoms. The van der Waals surface area contributed by atoms with Gasteiger partial charge in [-0.3, -0.25) is 19.3 Å². The summed E-state index contributed by atoms with van der Waals surface area (Å²) < 4.78 is 0. The van der Waals surface area contributed by atoms with Crippen LogP contribution in [0.4, 0.5) is 4.79 Å². The molecule has 9 heteroatoms. The van der Waals surface area contributed by atoms with Crippen LogP contribution in [0.2, 0.25) is 0 Å². The SMILES string of the molecule is C=CCN1C(=O)C(=O)N(CC(=O)N2CCCC2CNC)C1=O.Cl. The quantitative estimate of drug-likeness (QED) is 0.402. The molecule has 2 heterocycles. The molecule has 0 aliphatic carbocycles. The first kappa shape index (κ1) is 19.1. The Labute approximate surface area is 140 Å². The molecule has 0 aromatic heterocycles. The molecule has 8 nitrogen and oxygen atoms in total. The van der Waals surface area contributed by atoms with Gasteiger partial charge in [0, 0.05) is 25.7 Å². The van der Waals surface area contributed by atoms with E-state index in [1.165, 1.54) is 6.08 Å². The predicted octanol–water partition coefficient (Wildman–Crippen LogP) is -0.405. The van der Waals surface area contributed by atoms with Gasteiger partial charge in [0.1, 0.15) is 6.54 Å². The minimum atomic E-state index is -0.954. The highest BCUT2D eigenvalue weighted by atomic mass is 35.5. The molecule has 2 rings (SSSR count). The minimum Gasteiger partial charge on any atom is -0.337 e. The van der Waals surface area contributed by atoms with Crippen molar-refractivity contribution < 1.29 is 19.2 Å². The Morgan fingerprint density at radius 2 is 1.96 bits per heavy atom. The van der Waals surface area contributed by atoms with Gasteiger partial charge >= 0.3 is 17.8 Å². The third-order valence-corrected chi connectivity index (χ3v) is 3.88. The van der Waals surface area contributed by atoms with E-state index in [0.29, 0.717) is 18.0 Å². The van der Waals surface area contributed by atoms with Gasteiger partial charge in [-0.25, -0.2) is 9.69 Å². The van der Waals surface area contributed by atoms with Crippen molar-refractivity contribution in [2.24, 2.45) is 0 Å². The molecule has 2 aliphatic heterocycles. The number of imide groups is 2. The highest BCUT2D eigenvalue weighted by Gasteiger charge is 2.45. The summed E-state index contributed by atoms with van der Waals surface area (Å²) in [6.45, 7) is 4.27. The number of rotatable bonds is 6. The van der Waals surface area contributed by atoms with Crippen molar-refractivity contribution in [1.82, 2.24) is 20.0 Å². The maximum absolute atomic E-state index is 12.4. The van der Waals surface area contributed by atoms with Crippen molar-refractivity contribution >= 4 is 36.2 Å². The number of hydrogen-bond acceptors (Lipinski definition) is 5. The van der Waals surface area contributed by atoms with E-state index in [1.54, 1.807) is 11.9 Å². The molecule has 5 amide bonds. The van der Waals surface area contributed by atoms with Crippen LogP contribution in [0.25, 0.3) is 0 Å². The van der Waals surface area contributed by atoms with Crippen LogP contribution in [0.5, 0.6) is 0 Å². The lowest BCUT2D eigenvalue weighted by molar-refractivity contribution is -0.144. The van der Waals surface area contributed by atoms with E-state index in [1.807, 2.05) is 0 Å². The highest BCUT2D eigenvalue weighted by molar-refractivity contribution is 6.45. The summed E-state index contributed by atoms with van der Waals surface area (Å²) in [6, 6.07) is -0.696. The van der Waals surface area contributed by atoms with Crippen molar-refractivity contribution in [1.29, 1.82) is 0 Å². The van der Waals surface area contributed by atoms with Crippen molar-refractivity contribution in [2.45, 2.75) is 18.9 Å². The monoisotopic (exact) mass is 344 g/mol. The Morgan fingerprint density at radius 3 is 2.57 bits per heavy atom. The summed E-state index contributed by atoms with van der Waals surface area (Å²) in [5, 5.41) is 3.02. The van der Waals surface area contributed by atoms with Crippen LogP contribution in [0.3, 0.4) is 0 Å². The van der Waals surface area contributed by atoms with Gasteiger partial charge in [0.05, 0.1) is 0 Å². The first-order chi connectivity index (χ1) is 10.5. The summed E-state index contributed by atoms with van der Waals surface area (Å²) in [4.78, 5) is 51.1. The van der Waals surface area contributed by atoms with Crippen molar-refractivity contribution in [2.75, 3.05) is 33.2 Å². The molecule has 1 N–H and O–H groups in total. The number of amides is 5. The molecule has 0 aromatic carbocycles. The number of carbonyl (C=O) groups is 4. The second kappa shape index (κ2) is 8.07. The molecule has 1 unspecified atom stereocenters. The Morgan fingerprint density at radius 1 is 1.30 bits per heavy atom. The van der Waals surface area contributed by atoms with E-state index in [-0.39, 0.29) is 30.9 Å². The van der Waals surface area contributed by atoms with Gasteiger partial charge in [0.15, 0.2) is 0 Å². The fourth-order valence-corrected chi connectivity index (χ4v) is 2.82. The number of nitrogens with one attached hydrogen (secondary N) is 1. The van der Waals surface area contributed by atoms with Gasteiger partial charge in [-0.2, -0.15) is 0 Å². The molecule has 1 atom stereocenters. The molecule has 128 valence electrons. The first-order valence-corrected chi connectivity index (χ1v) is 7.23. The number of nitrogens with zero attached hydrogens (tertiary/aromatic N) is 3. The molecule has 2 saturated heterocycles. The lowest BCUT2D eigenvalue weighted by Crippen LogP contribution is -2.47. The van der Waals surface area contributed by atoms with Crippen LogP contribution >= 0.6 is 12.4 Å². The second-order valence-electron chi connectivity index (χ2n) is 5.32. The van der Waals surface area contributed by atoms with Crippen LogP contribution in [0.1, 0.15) is 12.8 Å². The number of halogens is 1. The average molecular weight is 345 g/mol. The number of hydrogen-bond donors (Lipinski definition) is 1. The topological polar surface area (TPSA) is 90.0 Å². The maximum atomic E-state index is 12.4. The number of carbonyl (C=O) groups excluding carboxylic acids is 4. The van der Waals surface area contributed by atoms with Gasteiger partial charge < -0.3 is 10.2 Å². The van der Waals surface area contributed by atoms with E-state index >= 15 is 0 Å². The maximum Gasteiger partial charge on any atom is 0.335 e. The van der Waals surface area contributed by atoms with E-state index in [2.05, 4.69) is 11.9 Å². The van der Waals surface area contributed by atoms with E-state index in [9.17, 15) is 19.2 Å². The van der Waals surface area contributed by atoms with Gasteiger partial charge in [-0.1, -0.05) is 6.08 Å². The van der Waals surface area contributed by atoms with E-state index in [4.69, 9.17) is 0 Å². The molecule has 0 saturated carbocycles. The normalized spacial score (nSPS) is 21.0. The lowest BCUT2D eigenvalue weighted by atomic mass is 10.2. The summed E-state index contributed by atoms with van der Waals surface area (Å²) in [6.07, 6.45) is 3.13. The molecule has 0 spiro atoms.